The Labute approximate surface area is 100 Å². The third-order valence-electron chi connectivity index (χ3n) is 2.69. The molecule has 0 aliphatic heterocycles. The summed E-state index contributed by atoms with van der Waals surface area (Å²) in [5, 5.41) is 0. The summed E-state index contributed by atoms with van der Waals surface area (Å²) in [7, 11) is 0. The van der Waals surface area contributed by atoms with Crippen LogP contribution < -0.4 is 0 Å². The highest BCUT2D eigenvalue weighted by atomic mass is 19.1. The van der Waals surface area contributed by atoms with Gasteiger partial charge in [0.05, 0.1) is 0 Å². The second-order valence-electron chi connectivity index (χ2n) is 3.85. The minimum Gasteiger partial charge on any atom is -0.294 e. The molecule has 1 rings (SSSR count). The molecule has 17 heavy (non-hydrogen) atoms. The predicted molar refractivity (Wildman–Crippen MR) is 63.7 cm³/mol. The SMILES string of the molecule is CCC(=CC(=O)Cc1c(F)cccc1F)CC. The van der Waals surface area contributed by atoms with Crippen LogP contribution in [0.5, 0.6) is 0 Å². The minimum absolute atomic E-state index is 0.152. The quantitative estimate of drug-likeness (QED) is 0.713. The van der Waals surface area contributed by atoms with Gasteiger partial charge >= 0.3 is 0 Å². The maximum atomic E-state index is 13.3. The van der Waals surface area contributed by atoms with Crippen LogP contribution in [0, 0.1) is 11.6 Å². The highest BCUT2D eigenvalue weighted by molar-refractivity contribution is 5.92. The fraction of sp³-hybridized carbons (Fsp3) is 0.357. The van der Waals surface area contributed by atoms with Crippen LogP contribution >= 0.6 is 0 Å². The lowest BCUT2D eigenvalue weighted by Gasteiger charge is -2.03. The Bertz CT molecular complexity index is 410. The molecule has 0 radical (unpaired) electrons. The lowest BCUT2D eigenvalue weighted by molar-refractivity contribution is -0.114. The number of ketones is 1. The zero-order chi connectivity index (χ0) is 12.8. The molecular formula is C14H16F2O. The molecule has 92 valence electrons. The van der Waals surface area contributed by atoms with Gasteiger partial charge in [-0.25, -0.2) is 8.78 Å². The van der Waals surface area contributed by atoms with E-state index in [-0.39, 0.29) is 17.8 Å². The Morgan fingerprint density at radius 3 is 2.18 bits per heavy atom. The van der Waals surface area contributed by atoms with Crippen LogP contribution in [0.3, 0.4) is 0 Å². The van der Waals surface area contributed by atoms with Crippen molar-refractivity contribution in [2.45, 2.75) is 33.1 Å². The lowest BCUT2D eigenvalue weighted by Crippen LogP contribution is -2.05. The zero-order valence-corrected chi connectivity index (χ0v) is 10.1. The summed E-state index contributed by atoms with van der Waals surface area (Å²) in [4.78, 5) is 11.6. The minimum atomic E-state index is -0.665. The third-order valence-corrected chi connectivity index (χ3v) is 2.69. The molecule has 0 saturated heterocycles. The van der Waals surface area contributed by atoms with Gasteiger partial charge in [0.15, 0.2) is 5.78 Å². The van der Waals surface area contributed by atoms with E-state index in [1.807, 2.05) is 13.8 Å². The second-order valence-corrected chi connectivity index (χ2v) is 3.85. The Morgan fingerprint density at radius 1 is 1.18 bits per heavy atom. The smallest absolute Gasteiger partial charge is 0.160 e. The van der Waals surface area contributed by atoms with E-state index in [0.717, 1.165) is 30.5 Å². The highest BCUT2D eigenvalue weighted by Gasteiger charge is 2.11. The number of carbonyl (C=O) groups excluding carboxylic acids is 1. The van der Waals surface area contributed by atoms with Crippen molar-refractivity contribution in [2.75, 3.05) is 0 Å². The van der Waals surface area contributed by atoms with Gasteiger partial charge in [-0.15, -0.1) is 0 Å². The van der Waals surface area contributed by atoms with E-state index in [1.165, 1.54) is 12.1 Å². The second kappa shape index (κ2) is 6.28. The first-order chi connectivity index (χ1) is 8.08. The summed E-state index contributed by atoms with van der Waals surface area (Å²) in [6, 6.07) is 3.61. The molecule has 1 aromatic rings. The van der Waals surface area contributed by atoms with E-state index in [4.69, 9.17) is 0 Å². The first-order valence-electron chi connectivity index (χ1n) is 5.73. The molecule has 0 amide bonds. The Morgan fingerprint density at radius 2 is 1.71 bits per heavy atom. The molecule has 0 aliphatic carbocycles. The van der Waals surface area contributed by atoms with E-state index in [0.29, 0.717) is 0 Å². The van der Waals surface area contributed by atoms with Gasteiger partial charge in [0.1, 0.15) is 11.6 Å². The first kappa shape index (κ1) is 13.6. The summed E-state index contributed by atoms with van der Waals surface area (Å²) in [6.07, 6.45) is 2.83. The summed E-state index contributed by atoms with van der Waals surface area (Å²) >= 11 is 0. The molecule has 0 saturated carbocycles. The van der Waals surface area contributed by atoms with Crippen molar-refractivity contribution in [3.05, 3.63) is 47.0 Å². The van der Waals surface area contributed by atoms with Gasteiger partial charge in [-0.05, 0) is 31.1 Å². The first-order valence-corrected chi connectivity index (χ1v) is 5.73. The maximum absolute atomic E-state index is 13.3. The Balaban J connectivity index is 2.85. The van der Waals surface area contributed by atoms with Gasteiger partial charge in [-0.1, -0.05) is 25.5 Å². The molecule has 0 atom stereocenters. The van der Waals surface area contributed by atoms with Gasteiger partial charge in [-0.2, -0.15) is 0 Å². The number of hydrogen-bond acceptors (Lipinski definition) is 1. The molecule has 0 spiro atoms. The van der Waals surface area contributed by atoms with Gasteiger partial charge in [-0.3, -0.25) is 4.79 Å². The van der Waals surface area contributed by atoms with Crippen LogP contribution in [0.1, 0.15) is 32.3 Å². The number of hydrogen-bond donors (Lipinski definition) is 0. The number of rotatable bonds is 5. The van der Waals surface area contributed by atoms with Crippen LogP contribution in [-0.2, 0) is 11.2 Å². The molecule has 3 heteroatoms. The van der Waals surface area contributed by atoms with Gasteiger partial charge in [0.25, 0.3) is 0 Å². The molecule has 1 nitrogen and oxygen atoms in total. The van der Waals surface area contributed by atoms with Crippen LogP contribution in [0.15, 0.2) is 29.8 Å². The van der Waals surface area contributed by atoms with E-state index < -0.39 is 11.6 Å². The maximum Gasteiger partial charge on any atom is 0.160 e. The van der Waals surface area contributed by atoms with Crippen molar-refractivity contribution in [1.29, 1.82) is 0 Å². The van der Waals surface area contributed by atoms with E-state index in [1.54, 1.807) is 0 Å². The van der Waals surface area contributed by atoms with Crippen LogP contribution in [0.4, 0.5) is 8.78 Å². The van der Waals surface area contributed by atoms with Gasteiger partial charge in [0.2, 0.25) is 0 Å². The summed E-state index contributed by atoms with van der Waals surface area (Å²) < 4.78 is 26.6. The normalized spacial score (nSPS) is 10.1. The molecule has 0 heterocycles. The van der Waals surface area contributed by atoms with Crippen molar-refractivity contribution in [2.24, 2.45) is 0 Å². The van der Waals surface area contributed by atoms with E-state index >= 15 is 0 Å². The summed E-state index contributed by atoms with van der Waals surface area (Å²) in [6.45, 7) is 3.90. The number of halogens is 2. The predicted octanol–water partition coefficient (Wildman–Crippen LogP) is 3.82. The average Bonchev–Trinajstić information content (AvgIpc) is 2.31. The number of allylic oxidation sites excluding steroid dienone is 2. The van der Waals surface area contributed by atoms with Gasteiger partial charge < -0.3 is 0 Å². The van der Waals surface area contributed by atoms with E-state index in [2.05, 4.69) is 0 Å². The van der Waals surface area contributed by atoms with Crippen LogP contribution in [0.25, 0.3) is 0 Å². The Kier molecular flexibility index (Phi) is 5.01. The van der Waals surface area contributed by atoms with Crippen molar-refractivity contribution in [3.63, 3.8) is 0 Å². The van der Waals surface area contributed by atoms with Crippen LogP contribution in [0.2, 0.25) is 0 Å². The molecule has 0 bridgehead atoms. The molecule has 0 aliphatic rings. The summed E-state index contributed by atoms with van der Waals surface area (Å²) in [5.41, 5.74) is 0.840. The van der Waals surface area contributed by atoms with Crippen molar-refractivity contribution < 1.29 is 13.6 Å². The van der Waals surface area contributed by atoms with Crippen molar-refractivity contribution in [1.82, 2.24) is 0 Å². The summed E-state index contributed by atoms with van der Waals surface area (Å²) in [5.74, 6) is -1.59. The average molecular weight is 238 g/mol. The molecule has 1 aromatic carbocycles. The highest BCUT2D eigenvalue weighted by Crippen LogP contribution is 2.14. The van der Waals surface area contributed by atoms with Crippen molar-refractivity contribution in [3.8, 4) is 0 Å². The van der Waals surface area contributed by atoms with E-state index in [9.17, 15) is 13.6 Å². The third kappa shape index (κ3) is 3.77. The standard InChI is InChI=1S/C14H16F2O/c1-3-10(4-2)8-11(17)9-12-13(15)6-5-7-14(12)16/h5-8H,3-4,9H2,1-2H3. The number of benzene rings is 1. The fourth-order valence-electron chi connectivity index (χ4n) is 1.61. The fourth-order valence-corrected chi connectivity index (χ4v) is 1.61. The van der Waals surface area contributed by atoms with Gasteiger partial charge in [0, 0.05) is 12.0 Å². The lowest BCUT2D eigenvalue weighted by atomic mass is 10.0. The molecule has 0 aromatic heterocycles. The van der Waals surface area contributed by atoms with Crippen molar-refractivity contribution >= 4 is 5.78 Å². The molecule has 0 unspecified atom stereocenters. The topological polar surface area (TPSA) is 17.1 Å². The largest absolute Gasteiger partial charge is 0.294 e. The molecule has 0 fully saturated rings. The number of carbonyl (C=O) groups is 1. The van der Waals surface area contributed by atoms with Crippen LogP contribution in [-0.4, -0.2) is 5.78 Å². The zero-order valence-electron chi connectivity index (χ0n) is 10.1. The Hall–Kier alpha value is -1.51. The molecule has 0 N–H and O–H groups in total. The monoisotopic (exact) mass is 238 g/mol. The molecular weight excluding hydrogens is 222 g/mol.